The second-order valence-corrected chi connectivity index (χ2v) is 6.42. The van der Waals surface area contributed by atoms with E-state index in [2.05, 4.69) is 25.2 Å². The average molecular weight is 312 g/mol. The van der Waals surface area contributed by atoms with Crippen molar-refractivity contribution in [1.29, 1.82) is 0 Å². The average Bonchev–Trinajstić information content (AvgIpc) is 3.09. The Kier molecular flexibility index (Phi) is 3.38. The first-order valence-corrected chi connectivity index (χ1v) is 8.24. The number of nitrogens with zero attached hydrogens (tertiary/aromatic N) is 4. The standard InChI is InChI=1S/C16H16N4OS/c1-11-18-15(10-22-11)20-8-4-6-14-13(9-20)19-16(21-14)12-5-2-3-7-17-12/h2-3,5,7,10H,4,6,8-9H2,1H3. The fourth-order valence-corrected chi connectivity index (χ4v) is 3.31. The molecule has 0 N–H and O–H groups in total. The minimum absolute atomic E-state index is 0.613. The summed E-state index contributed by atoms with van der Waals surface area (Å²) in [7, 11) is 0. The molecule has 0 saturated carbocycles. The van der Waals surface area contributed by atoms with Gasteiger partial charge in [-0.15, -0.1) is 11.3 Å². The van der Waals surface area contributed by atoms with E-state index in [0.29, 0.717) is 5.89 Å². The zero-order valence-electron chi connectivity index (χ0n) is 12.3. The summed E-state index contributed by atoms with van der Waals surface area (Å²) in [6.45, 7) is 3.76. The van der Waals surface area contributed by atoms with Crippen molar-refractivity contribution in [3.8, 4) is 11.6 Å². The van der Waals surface area contributed by atoms with Crippen LogP contribution >= 0.6 is 11.3 Å². The van der Waals surface area contributed by atoms with Crippen LogP contribution < -0.4 is 4.90 Å². The maximum absolute atomic E-state index is 5.94. The molecule has 0 spiro atoms. The lowest BCUT2D eigenvalue weighted by atomic mass is 10.2. The third-order valence-electron chi connectivity index (χ3n) is 3.77. The predicted octanol–water partition coefficient (Wildman–Crippen LogP) is 3.45. The Morgan fingerprint density at radius 3 is 3.00 bits per heavy atom. The molecule has 0 saturated heterocycles. The van der Waals surface area contributed by atoms with Gasteiger partial charge in [0.15, 0.2) is 0 Å². The van der Waals surface area contributed by atoms with Gasteiger partial charge < -0.3 is 9.32 Å². The topological polar surface area (TPSA) is 55.1 Å². The maximum Gasteiger partial charge on any atom is 0.245 e. The first kappa shape index (κ1) is 13.5. The van der Waals surface area contributed by atoms with Crippen molar-refractivity contribution in [2.45, 2.75) is 26.3 Å². The van der Waals surface area contributed by atoms with Crippen molar-refractivity contribution in [3.05, 3.63) is 46.2 Å². The van der Waals surface area contributed by atoms with Gasteiger partial charge in [0, 0.05) is 24.5 Å². The highest BCUT2D eigenvalue weighted by Gasteiger charge is 2.22. The van der Waals surface area contributed by atoms with E-state index in [0.717, 1.165) is 53.9 Å². The van der Waals surface area contributed by atoms with E-state index in [9.17, 15) is 0 Å². The SMILES string of the molecule is Cc1nc(N2CCCc3oc(-c4ccccn4)nc3C2)cs1. The molecule has 0 bridgehead atoms. The van der Waals surface area contributed by atoms with Crippen molar-refractivity contribution in [2.75, 3.05) is 11.4 Å². The number of anilines is 1. The van der Waals surface area contributed by atoms with Gasteiger partial charge in [-0.25, -0.2) is 9.97 Å². The molecule has 1 aliphatic heterocycles. The Bertz CT molecular complexity index is 781. The molecule has 4 heterocycles. The van der Waals surface area contributed by atoms with Gasteiger partial charge in [0.05, 0.1) is 11.6 Å². The van der Waals surface area contributed by atoms with Crippen molar-refractivity contribution >= 4 is 17.2 Å². The molecule has 3 aromatic rings. The van der Waals surface area contributed by atoms with Crippen LogP contribution in [0, 0.1) is 6.92 Å². The van der Waals surface area contributed by atoms with Crippen LogP contribution in [0.1, 0.15) is 22.9 Å². The molecule has 0 aliphatic carbocycles. The summed E-state index contributed by atoms with van der Waals surface area (Å²) < 4.78 is 5.94. The second kappa shape index (κ2) is 5.53. The van der Waals surface area contributed by atoms with Gasteiger partial charge in [-0.05, 0) is 25.5 Å². The molecule has 1 aliphatic rings. The van der Waals surface area contributed by atoms with Gasteiger partial charge in [-0.3, -0.25) is 4.98 Å². The van der Waals surface area contributed by atoms with Gasteiger partial charge in [-0.2, -0.15) is 0 Å². The van der Waals surface area contributed by atoms with Crippen LogP contribution in [0.25, 0.3) is 11.6 Å². The number of oxazole rings is 1. The van der Waals surface area contributed by atoms with Gasteiger partial charge in [0.1, 0.15) is 23.0 Å². The molecule has 0 unspecified atom stereocenters. The number of rotatable bonds is 2. The molecule has 112 valence electrons. The molecular weight excluding hydrogens is 296 g/mol. The van der Waals surface area contributed by atoms with Crippen LogP contribution in [-0.2, 0) is 13.0 Å². The van der Waals surface area contributed by atoms with Gasteiger partial charge in [-0.1, -0.05) is 6.07 Å². The molecule has 0 amide bonds. The highest BCUT2D eigenvalue weighted by Crippen LogP contribution is 2.27. The quantitative estimate of drug-likeness (QED) is 0.725. The lowest BCUT2D eigenvalue weighted by Gasteiger charge is -2.18. The Balaban J connectivity index is 1.65. The van der Waals surface area contributed by atoms with Crippen LogP contribution in [0.4, 0.5) is 5.82 Å². The largest absolute Gasteiger partial charge is 0.440 e. The smallest absolute Gasteiger partial charge is 0.245 e. The number of aryl methyl sites for hydroxylation is 2. The molecular formula is C16H16N4OS. The minimum Gasteiger partial charge on any atom is -0.440 e. The Labute approximate surface area is 132 Å². The zero-order chi connectivity index (χ0) is 14.9. The molecule has 0 radical (unpaired) electrons. The first-order chi connectivity index (χ1) is 10.8. The summed E-state index contributed by atoms with van der Waals surface area (Å²) in [6, 6.07) is 5.76. The van der Waals surface area contributed by atoms with Crippen LogP contribution in [0.15, 0.2) is 34.2 Å². The highest BCUT2D eigenvalue weighted by molar-refractivity contribution is 7.09. The van der Waals surface area contributed by atoms with Crippen LogP contribution in [0.2, 0.25) is 0 Å². The van der Waals surface area contributed by atoms with E-state index in [1.54, 1.807) is 17.5 Å². The lowest BCUT2D eigenvalue weighted by Crippen LogP contribution is -2.23. The number of aromatic nitrogens is 3. The van der Waals surface area contributed by atoms with E-state index >= 15 is 0 Å². The van der Waals surface area contributed by atoms with Crippen molar-refractivity contribution in [1.82, 2.24) is 15.0 Å². The minimum atomic E-state index is 0.613. The molecule has 3 aromatic heterocycles. The Morgan fingerprint density at radius 1 is 1.27 bits per heavy atom. The maximum atomic E-state index is 5.94. The number of pyridine rings is 1. The third-order valence-corrected chi connectivity index (χ3v) is 4.53. The van der Waals surface area contributed by atoms with Crippen molar-refractivity contribution in [3.63, 3.8) is 0 Å². The second-order valence-electron chi connectivity index (χ2n) is 5.35. The summed E-state index contributed by atoms with van der Waals surface area (Å²) in [4.78, 5) is 15.8. The van der Waals surface area contributed by atoms with Gasteiger partial charge >= 0.3 is 0 Å². The fourth-order valence-electron chi connectivity index (χ4n) is 2.68. The fraction of sp³-hybridized carbons (Fsp3) is 0.312. The predicted molar refractivity (Wildman–Crippen MR) is 86.0 cm³/mol. The third kappa shape index (κ3) is 2.50. The first-order valence-electron chi connectivity index (χ1n) is 7.36. The van der Waals surface area contributed by atoms with Gasteiger partial charge in [0.2, 0.25) is 5.89 Å². The summed E-state index contributed by atoms with van der Waals surface area (Å²) in [5.74, 6) is 2.63. The summed E-state index contributed by atoms with van der Waals surface area (Å²) in [5, 5.41) is 3.20. The summed E-state index contributed by atoms with van der Waals surface area (Å²) in [5.41, 5.74) is 1.79. The van der Waals surface area contributed by atoms with Crippen molar-refractivity contribution in [2.24, 2.45) is 0 Å². The van der Waals surface area contributed by atoms with Crippen LogP contribution in [0.5, 0.6) is 0 Å². The monoisotopic (exact) mass is 312 g/mol. The van der Waals surface area contributed by atoms with E-state index in [4.69, 9.17) is 4.42 Å². The van der Waals surface area contributed by atoms with Gasteiger partial charge in [0.25, 0.3) is 0 Å². The normalized spacial score (nSPS) is 14.7. The zero-order valence-corrected chi connectivity index (χ0v) is 13.1. The van der Waals surface area contributed by atoms with E-state index in [1.807, 2.05) is 25.1 Å². The molecule has 4 rings (SSSR count). The Hall–Kier alpha value is -2.21. The summed E-state index contributed by atoms with van der Waals surface area (Å²) in [6.07, 6.45) is 3.71. The molecule has 5 nitrogen and oxygen atoms in total. The van der Waals surface area contributed by atoms with E-state index < -0.39 is 0 Å². The molecule has 0 aromatic carbocycles. The number of thiazole rings is 1. The highest BCUT2D eigenvalue weighted by atomic mass is 32.1. The van der Waals surface area contributed by atoms with Crippen LogP contribution in [0.3, 0.4) is 0 Å². The number of hydrogen-bond acceptors (Lipinski definition) is 6. The van der Waals surface area contributed by atoms with E-state index in [1.165, 1.54) is 0 Å². The molecule has 6 heteroatoms. The van der Waals surface area contributed by atoms with Crippen molar-refractivity contribution < 1.29 is 4.42 Å². The Morgan fingerprint density at radius 2 is 2.23 bits per heavy atom. The number of hydrogen-bond donors (Lipinski definition) is 0. The van der Waals surface area contributed by atoms with Crippen LogP contribution in [-0.4, -0.2) is 21.5 Å². The lowest BCUT2D eigenvalue weighted by molar-refractivity contribution is 0.511. The molecule has 0 fully saturated rings. The molecule has 22 heavy (non-hydrogen) atoms. The number of fused-ring (bicyclic) bond motifs is 1. The summed E-state index contributed by atoms with van der Waals surface area (Å²) >= 11 is 1.68. The van der Waals surface area contributed by atoms with E-state index in [-0.39, 0.29) is 0 Å². The molecule has 0 atom stereocenters.